The standard InChI is InChI=1S/C14H17N/c1-3-4-11-15(2)14-10-9-12-7-5-6-8-13(12)14/h1,5-8,14H,4,9-11H2,2H3. The minimum Gasteiger partial charge on any atom is -0.298 e. The lowest BCUT2D eigenvalue weighted by Gasteiger charge is -2.24. The van der Waals surface area contributed by atoms with Gasteiger partial charge in [0.1, 0.15) is 0 Å². The van der Waals surface area contributed by atoms with E-state index in [0.717, 1.165) is 13.0 Å². The first kappa shape index (κ1) is 10.3. The average molecular weight is 199 g/mol. The second kappa shape index (κ2) is 4.51. The van der Waals surface area contributed by atoms with Gasteiger partial charge in [0.05, 0.1) is 0 Å². The second-order valence-corrected chi connectivity index (χ2v) is 4.19. The molecule has 0 fully saturated rings. The van der Waals surface area contributed by atoms with Crippen LogP contribution in [0.5, 0.6) is 0 Å². The molecule has 1 unspecified atom stereocenters. The molecule has 1 aliphatic rings. The molecule has 15 heavy (non-hydrogen) atoms. The van der Waals surface area contributed by atoms with Gasteiger partial charge in [-0.25, -0.2) is 0 Å². The Labute approximate surface area is 92.1 Å². The Hall–Kier alpha value is -1.26. The SMILES string of the molecule is C#CCCN(C)C1CCc2ccccc21. The van der Waals surface area contributed by atoms with E-state index in [9.17, 15) is 0 Å². The van der Waals surface area contributed by atoms with Crippen molar-refractivity contribution in [3.8, 4) is 12.3 Å². The van der Waals surface area contributed by atoms with Crippen LogP contribution in [0.15, 0.2) is 24.3 Å². The third-order valence-electron chi connectivity index (χ3n) is 3.24. The number of hydrogen-bond donors (Lipinski definition) is 0. The molecule has 1 aromatic rings. The molecule has 0 aromatic heterocycles. The molecule has 2 rings (SSSR count). The summed E-state index contributed by atoms with van der Waals surface area (Å²) in [7, 11) is 2.17. The molecule has 0 bridgehead atoms. The van der Waals surface area contributed by atoms with E-state index >= 15 is 0 Å². The molecule has 1 aliphatic carbocycles. The van der Waals surface area contributed by atoms with E-state index in [1.54, 1.807) is 0 Å². The van der Waals surface area contributed by atoms with Crippen molar-refractivity contribution in [3.63, 3.8) is 0 Å². The third-order valence-corrected chi connectivity index (χ3v) is 3.24. The Morgan fingerprint density at radius 2 is 2.27 bits per heavy atom. The number of rotatable bonds is 3. The molecule has 78 valence electrons. The van der Waals surface area contributed by atoms with Gasteiger partial charge in [0.2, 0.25) is 0 Å². The first-order chi connectivity index (χ1) is 7.33. The van der Waals surface area contributed by atoms with Crippen LogP contribution in [0, 0.1) is 12.3 Å². The van der Waals surface area contributed by atoms with Gasteiger partial charge < -0.3 is 0 Å². The van der Waals surface area contributed by atoms with Gasteiger partial charge in [-0.1, -0.05) is 24.3 Å². The summed E-state index contributed by atoms with van der Waals surface area (Å²) in [5.74, 6) is 2.70. The smallest absolute Gasteiger partial charge is 0.0351 e. The van der Waals surface area contributed by atoms with Crippen LogP contribution < -0.4 is 0 Å². The summed E-state index contributed by atoms with van der Waals surface area (Å²) >= 11 is 0. The fraction of sp³-hybridized carbons (Fsp3) is 0.429. The maximum Gasteiger partial charge on any atom is 0.0351 e. The van der Waals surface area contributed by atoms with E-state index in [4.69, 9.17) is 6.42 Å². The lowest BCUT2D eigenvalue weighted by atomic mass is 10.1. The van der Waals surface area contributed by atoms with Crippen LogP contribution in [-0.2, 0) is 6.42 Å². The van der Waals surface area contributed by atoms with Crippen molar-refractivity contribution in [2.75, 3.05) is 13.6 Å². The van der Waals surface area contributed by atoms with E-state index < -0.39 is 0 Å². The normalized spacial score (nSPS) is 18.9. The molecule has 0 amide bonds. The minimum absolute atomic E-state index is 0.578. The van der Waals surface area contributed by atoms with Crippen LogP contribution in [-0.4, -0.2) is 18.5 Å². The lowest BCUT2D eigenvalue weighted by Crippen LogP contribution is -2.23. The highest BCUT2D eigenvalue weighted by molar-refractivity contribution is 5.34. The number of benzene rings is 1. The van der Waals surface area contributed by atoms with Crippen molar-refractivity contribution in [1.82, 2.24) is 4.90 Å². The molecule has 0 aliphatic heterocycles. The van der Waals surface area contributed by atoms with E-state index in [2.05, 4.69) is 42.1 Å². The Morgan fingerprint density at radius 3 is 3.07 bits per heavy atom. The second-order valence-electron chi connectivity index (χ2n) is 4.19. The molecule has 0 heterocycles. The van der Waals surface area contributed by atoms with Gasteiger partial charge >= 0.3 is 0 Å². The highest BCUT2D eigenvalue weighted by Gasteiger charge is 2.24. The van der Waals surface area contributed by atoms with Crippen molar-refractivity contribution >= 4 is 0 Å². The molecule has 1 atom stereocenters. The largest absolute Gasteiger partial charge is 0.298 e. The average Bonchev–Trinajstić information content (AvgIpc) is 2.69. The molecular formula is C14H17N. The van der Waals surface area contributed by atoms with E-state index in [1.807, 2.05) is 0 Å². The summed E-state index contributed by atoms with van der Waals surface area (Å²) in [5.41, 5.74) is 3.01. The molecule has 0 spiro atoms. The summed E-state index contributed by atoms with van der Waals surface area (Å²) in [5, 5.41) is 0. The van der Waals surface area contributed by atoms with Gasteiger partial charge in [-0.2, -0.15) is 0 Å². The van der Waals surface area contributed by atoms with E-state index in [-0.39, 0.29) is 0 Å². The molecule has 0 N–H and O–H groups in total. The van der Waals surface area contributed by atoms with Crippen molar-refractivity contribution < 1.29 is 0 Å². The summed E-state index contributed by atoms with van der Waals surface area (Å²) in [6.07, 6.45) is 8.58. The maximum atomic E-state index is 5.29. The zero-order chi connectivity index (χ0) is 10.7. The number of terminal acetylenes is 1. The molecule has 0 saturated heterocycles. The Morgan fingerprint density at radius 1 is 1.47 bits per heavy atom. The molecule has 1 heteroatoms. The minimum atomic E-state index is 0.578. The monoisotopic (exact) mass is 199 g/mol. The first-order valence-corrected chi connectivity index (χ1v) is 5.54. The summed E-state index contributed by atoms with van der Waals surface area (Å²) in [6.45, 7) is 0.996. The van der Waals surface area contributed by atoms with Gasteiger partial charge in [0.15, 0.2) is 0 Å². The quantitative estimate of drug-likeness (QED) is 0.676. The molecular weight excluding hydrogens is 182 g/mol. The molecule has 1 aromatic carbocycles. The Balaban J connectivity index is 2.10. The van der Waals surface area contributed by atoms with E-state index in [1.165, 1.54) is 24.0 Å². The molecule has 0 saturated carbocycles. The van der Waals surface area contributed by atoms with Gasteiger partial charge in [-0.05, 0) is 31.0 Å². The number of hydrogen-bond acceptors (Lipinski definition) is 1. The number of aryl methyl sites for hydroxylation is 1. The number of nitrogens with zero attached hydrogens (tertiary/aromatic N) is 1. The Kier molecular flexibility index (Phi) is 3.08. The number of fused-ring (bicyclic) bond motifs is 1. The van der Waals surface area contributed by atoms with Gasteiger partial charge in [0.25, 0.3) is 0 Å². The van der Waals surface area contributed by atoms with Crippen LogP contribution in [0.2, 0.25) is 0 Å². The summed E-state index contributed by atoms with van der Waals surface area (Å²) in [4.78, 5) is 2.38. The molecule has 0 radical (unpaired) electrons. The van der Waals surface area contributed by atoms with Crippen molar-refractivity contribution in [3.05, 3.63) is 35.4 Å². The van der Waals surface area contributed by atoms with Crippen molar-refractivity contribution in [2.24, 2.45) is 0 Å². The highest BCUT2D eigenvalue weighted by atomic mass is 15.1. The fourth-order valence-electron chi connectivity index (χ4n) is 2.39. The lowest BCUT2D eigenvalue weighted by molar-refractivity contribution is 0.250. The predicted molar refractivity (Wildman–Crippen MR) is 63.6 cm³/mol. The van der Waals surface area contributed by atoms with Crippen LogP contribution in [0.3, 0.4) is 0 Å². The maximum absolute atomic E-state index is 5.29. The van der Waals surface area contributed by atoms with Crippen LogP contribution in [0.25, 0.3) is 0 Å². The van der Waals surface area contributed by atoms with Gasteiger partial charge in [-0.3, -0.25) is 4.90 Å². The summed E-state index contributed by atoms with van der Waals surface area (Å²) < 4.78 is 0. The summed E-state index contributed by atoms with van der Waals surface area (Å²) in [6, 6.07) is 9.33. The van der Waals surface area contributed by atoms with Crippen LogP contribution in [0.4, 0.5) is 0 Å². The zero-order valence-electron chi connectivity index (χ0n) is 9.24. The van der Waals surface area contributed by atoms with Crippen LogP contribution in [0.1, 0.15) is 30.0 Å². The Bertz CT molecular complexity index is 375. The van der Waals surface area contributed by atoms with Crippen molar-refractivity contribution in [1.29, 1.82) is 0 Å². The topological polar surface area (TPSA) is 3.24 Å². The van der Waals surface area contributed by atoms with E-state index in [0.29, 0.717) is 6.04 Å². The third kappa shape index (κ3) is 2.06. The molecule has 1 nitrogen and oxygen atoms in total. The zero-order valence-corrected chi connectivity index (χ0v) is 9.24. The fourth-order valence-corrected chi connectivity index (χ4v) is 2.39. The highest BCUT2D eigenvalue weighted by Crippen LogP contribution is 2.34. The van der Waals surface area contributed by atoms with Crippen molar-refractivity contribution in [2.45, 2.75) is 25.3 Å². The van der Waals surface area contributed by atoms with Gasteiger partial charge in [0, 0.05) is 19.0 Å². The first-order valence-electron chi connectivity index (χ1n) is 5.54. The van der Waals surface area contributed by atoms with Crippen LogP contribution >= 0.6 is 0 Å². The van der Waals surface area contributed by atoms with Gasteiger partial charge in [-0.15, -0.1) is 12.3 Å². The predicted octanol–water partition coefficient (Wildman–Crippen LogP) is 2.63.